The average molecular weight is 330 g/mol. The highest BCUT2D eigenvalue weighted by Gasteiger charge is 2.18. The van der Waals surface area contributed by atoms with Crippen molar-refractivity contribution in [1.82, 2.24) is 0 Å². The zero-order chi connectivity index (χ0) is 10.9. The Balaban J connectivity index is 3.44. The van der Waals surface area contributed by atoms with Gasteiger partial charge in [-0.05, 0) is 40.8 Å². The molecule has 0 saturated heterocycles. The molecule has 1 rings (SSSR count). The summed E-state index contributed by atoms with van der Waals surface area (Å²) in [6.07, 6.45) is 0. The summed E-state index contributed by atoms with van der Waals surface area (Å²) in [6, 6.07) is 3.23. The lowest BCUT2D eigenvalue weighted by Gasteiger charge is -2.00. The van der Waals surface area contributed by atoms with E-state index in [1.807, 2.05) is 0 Å². The number of aromatic carboxylic acids is 1. The van der Waals surface area contributed by atoms with Crippen molar-refractivity contribution in [2.75, 3.05) is 0 Å². The summed E-state index contributed by atoms with van der Waals surface area (Å²) in [5, 5.41) is 8.55. The van der Waals surface area contributed by atoms with Crippen molar-refractivity contribution in [3.63, 3.8) is 0 Å². The molecule has 14 heavy (non-hydrogen) atoms. The minimum atomic E-state index is -4.86. The first-order valence-corrected chi connectivity index (χ1v) is 5.76. The molecule has 7 heteroatoms. The second-order valence-electron chi connectivity index (χ2n) is 2.39. The Kier molecular flexibility index (Phi) is 3.10. The van der Waals surface area contributed by atoms with Gasteiger partial charge in [0.2, 0.25) is 0 Å². The van der Waals surface area contributed by atoms with Crippen molar-refractivity contribution in [2.24, 2.45) is 0 Å². The molecule has 0 heterocycles. The largest absolute Gasteiger partial charge is 0.478 e. The van der Waals surface area contributed by atoms with Crippen LogP contribution in [0.15, 0.2) is 23.1 Å². The van der Waals surface area contributed by atoms with Crippen molar-refractivity contribution < 1.29 is 22.2 Å². The zero-order valence-electron chi connectivity index (χ0n) is 6.57. The van der Waals surface area contributed by atoms with Gasteiger partial charge in [0.25, 0.3) is 0 Å². The Labute approximate surface area is 93.1 Å². The molecule has 0 fully saturated rings. The summed E-state index contributed by atoms with van der Waals surface area (Å²) < 4.78 is 33.9. The molecule has 0 aliphatic carbocycles. The number of carboxylic acid groups (broad SMARTS) is 1. The van der Waals surface area contributed by atoms with Gasteiger partial charge in [-0.2, -0.15) is 8.42 Å². The number of rotatable bonds is 2. The van der Waals surface area contributed by atoms with Crippen LogP contribution in [0.2, 0.25) is 0 Å². The zero-order valence-corrected chi connectivity index (χ0v) is 9.54. The van der Waals surface area contributed by atoms with Crippen molar-refractivity contribution in [3.8, 4) is 0 Å². The molecule has 0 amide bonds. The lowest BCUT2D eigenvalue weighted by atomic mass is 10.2. The van der Waals surface area contributed by atoms with Crippen LogP contribution in [0.4, 0.5) is 3.89 Å². The van der Waals surface area contributed by atoms with E-state index in [1.165, 1.54) is 12.1 Å². The third kappa shape index (κ3) is 2.41. The van der Waals surface area contributed by atoms with E-state index >= 15 is 0 Å². The van der Waals surface area contributed by atoms with E-state index in [2.05, 4.69) is 0 Å². The molecule has 0 aliphatic rings. The summed E-state index contributed by atoms with van der Waals surface area (Å²) in [7, 11) is -4.86. The highest BCUT2D eigenvalue weighted by Crippen LogP contribution is 2.21. The van der Waals surface area contributed by atoms with Crippen LogP contribution < -0.4 is 0 Å². The van der Waals surface area contributed by atoms with Crippen LogP contribution in [-0.2, 0) is 10.2 Å². The molecule has 0 spiro atoms. The first-order chi connectivity index (χ1) is 6.32. The van der Waals surface area contributed by atoms with Crippen LogP contribution in [0.1, 0.15) is 10.4 Å². The van der Waals surface area contributed by atoms with E-state index in [0.29, 0.717) is 0 Å². The monoisotopic (exact) mass is 330 g/mol. The van der Waals surface area contributed by atoms with Crippen LogP contribution in [0.25, 0.3) is 0 Å². The highest BCUT2D eigenvalue weighted by molar-refractivity contribution is 14.1. The van der Waals surface area contributed by atoms with E-state index in [4.69, 9.17) is 5.11 Å². The minimum Gasteiger partial charge on any atom is -0.478 e. The van der Waals surface area contributed by atoms with Gasteiger partial charge in [0.05, 0.1) is 5.56 Å². The third-order valence-electron chi connectivity index (χ3n) is 1.44. The van der Waals surface area contributed by atoms with Gasteiger partial charge in [0, 0.05) is 3.57 Å². The van der Waals surface area contributed by atoms with Gasteiger partial charge in [-0.3, -0.25) is 0 Å². The van der Waals surface area contributed by atoms with Crippen LogP contribution in [0, 0.1) is 3.57 Å². The first-order valence-electron chi connectivity index (χ1n) is 3.30. The summed E-state index contributed by atoms with van der Waals surface area (Å²) in [5.74, 6) is -1.30. The predicted molar refractivity (Wildman–Crippen MR) is 54.4 cm³/mol. The molecule has 76 valence electrons. The van der Waals surface area contributed by atoms with E-state index in [9.17, 15) is 17.1 Å². The Morgan fingerprint density at radius 1 is 1.43 bits per heavy atom. The van der Waals surface area contributed by atoms with Gasteiger partial charge in [0.15, 0.2) is 0 Å². The maximum Gasteiger partial charge on any atom is 0.335 e. The van der Waals surface area contributed by atoms with Gasteiger partial charge in [0.1, 0.15) is 4.90 Å². The fourth-order valence-electron chi connectivity index (χ4n) is 0.823. The highest BCUT2D eigenvalue weighted by atomic mass is 127. The summed E-state index contributed by atoms with van der Waals surface area (Å²) in [6.45, 7) is 0. The molecule has 4 nitrogen and oxygen atoms in total. The molecule has 1 aromatic carbocycles. The standard InChI is InChI=1S/C7H4FIO4S/c8-14(12,13)6-3-4(7(10)11)1-2-5(6)9/h1-3H,(H,10,11). The second kappa shape index (κ2) is 3.81. The molecule has 0 radical (unpaired) electrons. The summed E-state index contributed by atoms with van der Waals surface area (Å²) in [4.78, 5) is 9.86. The van der Waals surface area contributed by atoms with Crippen LogP contribution in [0.3, 0.4) is 0 Å². The van der Waals surface area contributed by atoms with E-state index in [-0.39, 0.29) is 9.13 Å². The number of hydrogen-bond donors (Lipinski definition) is 1. The Morgan fingerprint density at radius 2 is 2.00 bits per heavy atom. The number of carboxylic acids is 1. The fraction of sp³-hybridized carbons (Fsp3) is 0. The van der Waals surface area contributed by atoms with Gasteiger partial charge < -0.3 is 5.11 Å². The predicted octanol–water partition coefficient (Wildman–Crippen LogP) is 1.65. The Morgan fingerprint density at radius 3 is 2.43 bits per heavy atom. The molecule has 0 atom stereocenters. The van der Waals surface area contributed by atoms with Crippen molar-refractivity contribution >= 4 is 38.8 Å². The lowest BCUT2D eigenvalue weighted by molar-refractivity contribution is 0.0696. The normalized spacial score (nSPS) is 11.3. The Bertz CT molecular complexity index is 482. The van der Waals surface area contributed by atoms with Crippen LogP contribution in [0.5, 0.6) is 0 Å². The smallest absolute Gasteiger partial charge is 0.335 e. The van der Waals surface area contributed by atoms with Crippen molar-refractivity contribution in [3.05, 3.63) is 27.3 Å². The van der Waals surface area contributed by atoms with E-state index < -0.39 is 21.1 Å². The molecule has 0 aliphatic heterocycles. The topological polar surface area (TPSA) is 71.4 Å². The van der Waals surface area contributed by atoms with Crippen molar-refractivity contribution in [1.29, 1.82) is 0 Å². The maximum absolute atomic E-state index is 12.6. The minimum absolute atomic E-state index is 0.148. The number of carbonyl (C=O) groups is 1. The lowest BCUT2D eigenvalue weighted by Crippen LogP contribution is -2.01. The van der Waals surface area contributed by atoms with Gasteiger partial charge in [-0.15, -0.1) is 3.89 Å². The Hall–Kier alpha value is -0.700. The van der Waals surface area contributed by atoms with Crippen molar-refractivity contribution in [2.45, 2.75) is 4.90 Å². The summed E-state index contributed by atoms with van der Waals surface area (Å²) in [5.41, 5.74) is -0.262. The third-order valence-corrected chi connectivity index (χ3v) is 3.61. The van der Waals surface area contributed by atoms with Crippen LogP contribution >= 0.6 is 22.6 Å². The number of benzene rings is 1. The first kappa shape index (κ1) is 11.4. The molecule has 1 aromatic rings. The number of hydrogen-bond acceptors (Lipinski definition) is 3. The van der Waals surface area contributed by atoms with Gasteiger partial charge >= 0.3 is 16.2 Å². The SMILES string of the molecule is O=C(O)c1ccc(I)c(S(=O)(=O)F)c1. The fourth-order valence-corrected chi connectivity index (χ4v) is 2.52. The maximum atomic E-state index is 12.6. The molecule has 0 unspecified atom stereocenters. The summed E-state index contributed by atoms with van der Waals surface area (Å²) >= 11 is 1.61. The van der Waals surface area contributed by atoms with Gasteiger partial charge in [-0.1, -0.05) is 0 Å². The molecular weight excluding hydrogens is 326 g/mol. The molecule has 0 saturated carbocycles. The molecule has 1 N–H and O–H groups in total. The second-order valence-corrected chi connectivity index (χ2v) is 4.87. The quantitative estimate of drug-likeness (QED) is 0.661. The van der Waals surface area contributed by atoms with E-state index in [1.54, 1.807) is 22.6 Å². The van der Waals surface area contributed by atoms with Gasteiger partial charge in [-0.25, -0.2) is 4.79 Å². The molecule has 0 bridgehead atoms. The number of halogens is 2. The van der Waals surface area contributed by atoms with E-state index in [0.717, 1.165) is 6.07 Å². The molecule has 0 aromatic heterocycles. The molecular formula is C7H4FIO4S. The average Bonchev–Trinajstić information content (AvgIpc) is 2.02. The van der Waals surface area contributed by atoms with Crippen LogP contribution in [-0.4, -0.2) is 19.5 Å².